The highest BCUT2D eigenvalue weighted by Gasteiger charge is 2.14. The highest BCUT2D eigenvalue weighted by molar-refractivity contribution is 6.31. The average Bonchev–Trinajstić information content (AvgIpc) is 3.32. The summed E-state index contributed by atoms with van der Waals surface area (Å²) >= 11 is 5.72. The van der Waals surface area contributed by atoms with E-state index in [1.54, 1.807) is 24.3 Å². The van der Waals surface area contributed by atoms with Gasteiger partial charge in [0.1, 0.15) is 29.8 Å². The number of amides is 1. The molecule has 0 fully saturated rings. The van der Waals surface area contributed by atoms with Gasteiger partial charge in [-0.15, -0.1) is 0 Å². The number of hydrogen-bond donors (Lipinski definition) is 1. The van der Waals surface area contributed by atoms with Crippen molar-refractivity contribution in [3.8, 4) is 17.6 Å². The number of nitrogens with one attached hydrogen (secondary N) is 1. The van der Waals surface area contributed by atoms with Crippen LogP contribution in [0.15, 0.2) is 58.5 Å². The first-order valence-corrected chi connectivity index (χ1v) is 10.1. The Bertz CT molecular complexity index is 1290. The zero-order chi connectivity index (χ0) is 24.7. The maximum atomic E-state index is 13.3. The first-order chi connectivity index (χ1) is 16.3. The fourth-order valence-electron chi connectivity index (χ4n) is 2.80. The van der Waals surface area contributed by atoms with E-state index >= 15 is 0 Å². The topological polar surface area (TPSA) is 111 Å². The lowest BCUT2D eigenvalue weighted by molar-refractivity contribution is -0.112. The number of nitrogens with zero attached hydrogens (tertiary/aromatic N) is 1. The fourth-order valence-corrected chi connectivity index (χ4v) is 2.98. The van der Waals surface area contributed by atoms with Crippen LogP contribution < -0.4 is 14.8 Å². The van der Waals surface area contributed by atoms with Gasteiger partial charge in [-0.1, -0.05) is 17.7 Å². The Balaban J connectivity index is 1.73. The molecule has 1 aromatic heterocycles. The lowest BCUT2D eigenvalue weighted by Gasteiger charge is -2.11. The highest BCUT2D eigenvalue weighted by Crippen LogP contribution is 2.30. The smallest absolute Gasteiger partial charge is 0.373 e. The van der Waals surface area contributed by atoms with Crippen LogP contribution >= 0.6 is 11.6 Å². The van der Waals surface area contributed by atoms with Crippen LogP contribution in [0.5, 0.6) is 11.5 Å². The maximum absolute atomic E-state index is 13.3. The highest BCUT2D eigenvalue weighted by atomic mass is 35.5. The summed E-state index contributed by atoms with van der Waals surface area (Å²) in [6.45, 7) is 0.0224. The molecule has 0 atom stereocenters. The molecule has 3 aromatic rings. The van der Waals surface area contributed by atoms with Crippen molar-refractivity contribution in [2.24, 2.45) is 0 Å². The number of anilines is 1. The van der Waals surface area contributed by atoms with E-state index in [-0.39, 0.29) is 28.7 Å². The summed E-state index contributed by atoms with van der Waals surface area (Å²) in [5.41, 5.74) is 0.549. The number of methoxy groups -OCH3 is 2. The molecule has 1 amide bonds. The number of benzene rings is 2. The van der Waals surface area contributed by atoms with E-state index in [1.165, 1.54) is 38.5 Å². The van der Waals surface area contributed by atoms with Crippen molar-refractivity contribution in [1.29, 1.82) is 5.26 Å². The quantitative estimate of drug-likeness (QED) is 0.272. The number of furan rings is 1. The summed E-state index contributed by atoms with van der Waals surface area (Å²) in [5, 5.41) is 11.8. The molecule has 0 aliphatic rings. The molecule has 0 unspecified atom stereocenters. The third-order valence-electron chi connectivity index (χ3n) is 4.46. The number of nitriles is 1. The van der Waals surface area contributed by atoms with Gasteiger partial charge in [0.2, 0.25) is 5.76 Å². The van der Waals surface area contributed by atoms with Gasteiger partial charge in [0.15, 0.2) is 11.5 Å². The van der Waals surface area contributed by atoms with Crippen LogP contribution in [0, 0.1) is 17.1 Å². The zero-order valence-corrected chi connectivity index (χ0v) is 18.8. The third-order valence-corrected chi connectivity index (χ3v) is 4.75. The van der Waals surface area contributed by atoms with Gasteiger partial charge in [-0.3, -0.25) is 4.79 Å². The van der Waals surface area contributed by atoms with Gasteiger partial charge in [0, 0.05) is 5.69 Å². The number of halogens is 2. The Morgan fingerprint density at radius 1 is 1.15 bits per heavy atom. The van der Waals surface area contributed by atoms with Crippen molar-refractivity contribution in [3.05, 3.63) is 82.0 Å². The molecule has 174 valence electrons. The fraction of sp³-hybridized carbons (Fsp3) is 0.125. The normalized spacial score (nSPS) is 10.9. The number of esters is 1. The minimum atomic E-state index is -0.691. The second-order valence-corrected chi connectivity index (χ2v) is 7.12. The lowest BCUT2D eigenvalue weighted by Crippen LogP contribution is -2.13. The van der Waals surface area contributed by atoms with E-state index in [0.29, 0.717) is 22.8 Å². The summed E-state index contributed by atoms with van der Waals surface area (Å²) in [7, 11) is 2.69. The van der Waals surface area contributed by atoms with Gasteiger partial charge in [0.25, 0.3) is 5.91 Å². The second kappa shape index (κ2) is 11.0. The molecule has 1 heterocycles. The van der Waals surface area contributed by atoms with E-state index in [2.05, 4.69) is 10.1 Å². The molecule has 0 spiro atoms. The monoisotopic (exact) mass is 484 g/mol. The number of rotatable bonds is 8. The van der Waals surface area contributed by atoms with Gasteiger partial charge in [-0.05, 0) is 54.1 Å². The molecule has 0 aliphatic carbocycles. The van der Waals surface area contributed by atoms with Crippen LogP contribution in [-0.4, -0.2) is 26.1 Å². The Labute approximate surface area is 199 Å². The van der Waals surface area contributed by atoms with Crippen molar-refractivity contribution in [1.82, 2.24) is 0 Å². The van der Waals surface area contributed by atoms with Crippen molar-refractivity contribution < 1.29 is 32.6 Å². The van der Waals surface area contributed by atoms with Crippen molar-refractivity contribution >= 4 is 35.2 Å². The van der Waals surface area contributed by atoms with Crippen LogP contribution in [0.2, 0.25) is 5.02 Å². The van der Waals surface area contributed by atoms with E-state index in [0.717, 1.165) is 6.07 Å². The molecule has 34 heavy (non-hydrogen) atoms. The molecule has 0 bridgehead atoms. The van der Waals surface area contributed by atoms with E-state index in [4.69, 9.17) is 25.5 Å². The molecular formula is C24H18ClFN2O6. The van der Waals surface area contributed by atoms with Crippen LogP contribution in [-0.2, 0) is 16.1 Å². The Morgan fingerprint density at radius 2 is 1.94 bits per heavy atom. The molecule has 3 rings (SSSR count). The Kier molecular flexibility index (Phi) is 7.90. The SMILES string of the molecule is COC(=O)c1ccc(COc2ccc(/C=C(\C#N)C(=O)Nc3ccc(F)c(Cl)c3)cc2OC)o1. The van der Waals surface area contributed by atoms with Crippen molar-refractivity contribution in [2.75, 3.05) is 19.5 Å². The summed E-state index contributed by atoms with van der Waals surface area (Å²) in [6, 6.07) is 13.4. The molecule has 8 nitrogen and oxygen atoms in total. The zero-order valence-electron chi connectivity index (χ0n) is 18.1. The molecule has 0 aliphatic heterocycles. The molecule has 0 radical (unpaired) electrons. The second-order valence-electron chi connectivity index (χ2n) is 6.71. The Hall–Kier alpha value is -4.29. The largest absolute Gasteiger partial charge is 0.493 e. The van der Waals surface area contributed by atoms with Gasteiger partial charge >= 0.3 is 5.97 Å². The molecule has 1 N–H and O–H groups in total. The standard InChI is InChI=1S/C24H18ClFN2O6/c1-31-22-10-14(3-7-20(22)33-13-17-5-8-21(34-17)24(30)32-2)9-15(12-27)23(29)28-16-4-6-19(26)18(25)11-16/h3-11H,13H2,1-2H3,(H,28,29)/b15-9+. The number of carbonyl (C=O) groups is 2. The summed E-state index contributed by atoms with van der Waals surface area (Å²) in [5.74, 6) is -0.741. The summed E-state index contributed by atoms with van der Waals surface area (Å²) in [4.78, 5) is 23.9. The van der Waals surface area contributed by atoms with Gasteiger partial charge in [-0.25, -0.2) is 9.18 Å². The minimum absolute atomic E-state index is 0.0224. The predicted octanol–water partition coefficient (Wildman–Crippen LogP) is 4.99. The Morgan fingerprint density at radius 3 is 2.62 bits per heavy atom. The molecule has 0 saturated carbocycles. The third kappa shape index (κ3) is 5.94. The first-order valence-electron chi connectivity index (χ1n) is 9.70. The van der Waals surface area contributed by atoms with E-state index < -0.39 is 17.7 Å². The van der Waals surface area contributed by atoms with Crippen LogP contribution in [0.3, 0.4) is 0 Å². The van der Waals surface area contributed by atoms with Gasteiger partial charge < -0.3 is 23.9 Å². The maximum Gasteiger partial charge on any atom is 0.373 e. The lowest BCUT2D eigenvalue weighted by atomic mass is 10.1. The average molecular weight is 485 g/mol. The van der Waals surface area contributed by atoms with Crippen LogP contribution in [0.25, 0.3) is 6.08 Å². The molecule has 0 saturated heterocycles. The van der Waals surface area contributed by atoms with Gasteiger partial charge in [0.05, 0.1) is 19.2 Å². The number of ether oxygens (including phenoxy) is 3. The summed E-state index contributed by atoms with van der Waals surface area (Å²) in [6.07, 6.45) is 1.36. The van der Waals surface area contributed by atoms with E-state index in [9.17, 15) is 19.2 Å². The van der Waals surface area contributed by atoms with E-state index in [1.807, 2.05) is 6.07 Å². The van der Waals surface area contributed by atoms with Crippen LogP contribution in [0.4, 0.5) is 10.1 Å². The number of carbonyl (C=O) groups excluding carboxylic acids is 2. The van der Waals surface area contributed by atoms with Crippen molar-refractivity contribution in [3.63, 3.8) is 0 Å². The number of hydrogen-bond acceptors (Lipinski definition) is 7. The first kappa shape index (κ1) is 24.4. The van der Waals surface area contributed by atoms with Crippen LogP contribution in [0.1, 0.15) is 21.9 Å². The molecule has 2 aromatic carbocycles. The molecule has 10 heteroatoms. The minimum Gasteiger partial charge on any atom is -0.493 e. The summed E-state index contributed by atoms with van der Waals surface area (Å²) < 4.78 is 34.3. The predicted molar refractivity (Wildman–Crippen MR) is 121 cm³/mol. The molecular weight excluding hydrogens is 467 g/mol. The van der Waals surface area contributed by atoms with Gasteiger partial charge in [-0.2, -0.15) is 5.26 Å². The van der Waals surface area contributed by atoms with Crippen molar-refractivity contribution in [2.45, 2.75) is 6.61 Å².